The number of fused-ring (bicyclic) bond motifs is 2. The highest BCUT2D eigenvalue weighted by Crippen LogP contribution is 2.54. The molecular weight excluding hydrogens is 342 g/mol. The molecule has 0 radical (unpaired) electrons. The molecule has 0 bridgehead atoms. The lowest BCUT2D eigenvalue weighted by atomic mass is 9.76. The summed E-state index contributed by atoms with van der Waals surface area (Å²) >= 11 is 0. The van der Waals surface area contributed by atoms with Gasteiger partial charge in [-0.05, 0) is 42.2 Å². The fourth-order valence-corrected chi connectivity index (χ4v) is 4.30. The lowest BCUT2D eigenvalue weighted by Crippen LogP contribution is -2.43. The van der Waals surface area contributed by atoms with E-state index in [0.29, 0.717) is 23.2 Å². The molecule has 0 saturated heterocycles. The second-order valence-corrected chi connectivity index (χ2v) is 6.98. The van der Waals surface area contributed by atoms with E-state index in [1.165, 1.54) is 11.1 Å². The highest BCUT2D eigenvalue weighted by molar-refractivity contribution is 5.81. The normalized spacial score (nSPS) is 23.3. The third-order valence-corrected chi connectivity index (χ3v) is 5.38. The topological polar surface area (TPSA) is 113 Å². The van der Waals surface area contributed by atoms with Crippen LogP contribution in [0.2, 0.25) is 0 Å². The van der Waals surface area contributed by atoms with E-state index in [9.17, 15) is 0 Å². The Labute approximate surface area is 156 Å². The predicted molar refractivity (Wildman–Crippen MR) is 101 cm³/mol. The maximum absolute atomic E-state index is 6.27. The number of anilines is 1. The van der Waals surface area contributed by atoms with Gasteiger partial charge in [0, 0.05) is 24.1 Å². The Kier molecular flexibility index (Phi) is 3.28. The van der Waals surface area contributed by atoms with Gasteiger partial charge < -0.3 is 20.6 Å². The van der Waals surface area contributed by atoms with Gasteiger partial charge in [0.05, 0.1) is 5.69 Å². The minimum absolute atomic E-state index is 0.0526. The minimum Gasteiger partial charge on any atom is -0.443 e. The summed E-state index contributed by atoms with van der Waals surface area (Å²) in [7, 11) is 0. The molecule has 27 heavy (non-hydrogen) atoms. The molecular formula is C20H19N5O2. The number of ether oxygens (including phenoxy) is 1. The first-order chi connectivity index (χ1) is 13.1. The largest absolute Gasteiger partial charge is 0.443 e. The smallest absolute Gasteiger partial charge is 0.288 e. The van der Waals surface area contributed by atoms with Crippen LogP contribution in [0.25, 0.3) is 0 Å². The van der Waals surface area contributed by atoms with Gasteiger partial charge in [-0.3, -0.25) is 0 Å². The fraction of sp³-hybridized carbons (Fsp3) is 0.250. The maximum Gasteiger partial charge on any atom is 0.288 e. The molecule has 2 heterocycles. The molecule has 0 spiro atoms. The van der Waals surface area contributed by atoms with Crippen molar-refractivity contribution in [2.45, 2.75) is 31.3 Å². The summed E-state index contributed by atoms with van der Waals surface area (Å²) in [6.45, 7) is 1.76. The van der Waals surface area contributed by atoms with E-state index >= 15 is 0 Å². The van der Waals surface area contributed by atoms with Gasteiger partial charge in [0.15, 0.2) is 0 Å². The van der Waals surface area contributed by atoms with Crippen molar-refractivity contribution in [2.75, 3.05) is 5.73 Å². The van der Waals surface area contributed by atoms with Crippen LogP contribution in [0.5, 0.6) is 0 Å². The number of nitrogens with zero attached hydrogens (tertiary/aromatic N) is 3. The summed E-state index contributed by atoms with van der Waals surface area (Å²) < 4.78 is 12.2. The van der Waals surface area contributed by atoms with Crippen molar-refractivity contribution in [3.05, 3.63) is 70.9 Å². The first kappa shape index (κ1) is 15.9. The Morgan fingerprint density at radius 1 is 1.11 bits per heavy atom. The minimum atomic E-state index is -1.07. The van der Waals surface area contributed by atoms with Crippen molar-refractivity contribution in [2.24, 2.45) is 10.7 Å². The number of rotatable bonds is 2. The molecule has 7 heteroatoms. The van der Waals surface area contributed by atoms with Crippen molar-refractivity contribution in [3.8, 4) is 0 Å². The van der Waals surface area contributed by atoms with Gasteiger partial charge in [0.1, 0.15) is 0 Å². The van der Waals surface area contributed by atoms with Crippen molar-refractivity contribution in [1.29, 1.82) is 0 Å². The number of amidine groups is 1. The highest BCUT2D eigenvalue weighted by Gasteiger charge is 2.55. The van der Waals surface area contributed by atoms with Crippen LogP contribution in [0, 0.1) is 6.92 Å². The monoisotopic (exact) mass is 361 g/mol. The molecule has 136 valence electrons. The van der Waals surface area contributed by atoms with E-state index in [4.69, 9.17) is 20.6 Å². The predicted octanol–water partition coefficient (Wildman–Crippen LogP) is 2.91. The Balaban J connectivity index is 1.82. The van der Waals surface area contributed by atoms with Crippen LogP contribution < -0.4 is 11.5 Å². The average Bonchev–Trinajstić information content (AvgIpc) is 3.28. The summed E-state index contributed by atoms with van der Waals surface area (Å²) in [5.74, 6) is 0.778. The lowest BCUT2D eigenvalue weighted by Gasteiger charge is -2.39. The Bertz CT molecular complexity index is 1070. The van der Waals surface area contributed by atoms with Crippen molar-refractivity contribution >= 4 is 17.4 Å². The number of aryl methyl sites for hydroxylation is 2. The summed E-state index contributed by atoms with van der Waals surface area (Å²) in [6, 6.07) is 13.9. The van der Waals surface area contributed by atoms with Crippen LogP contribution >= 0.6 is 0 Å². The Morgan fingerprint density at radius 2 is 1.96 bits per heavy atom. The molecule has 2 aromatic carbocycles. The highest BCUT2D eigenvalue weighted by atomic mass is 16.5. The molecule has 2 atom stereocenters. The molecule has 0 fully saturated rings. The van der Waals surface area contributed by atoms with Crippen molar-refractivity contribution < 1.29 is 9.15 Å². The molecule has 7 nitrogen and oxygen atoms in total. The van der Waals surface area contributed by atoms with Crippen LogP contribution in [0.3, 0.4) is 0 Å². The van der Waals surface area contributed by atoms with Crippen LogP contribution in [-0.2, 0) is 16.8 Å². The summed E-state index contributed by atoms with van der Waals surface area (Å²) in [5, 5.41) is 8.38. The molecule has 2 unspecified atom stereocenters. The number of hydrogen-bond donors (Lipinski definition) is 2. The van der Waals surface area contributed by atoms with Crippen molar-refractivity contribution in [1.82, 2.24) is 10.2 Å². The fourth-order valence-electron chi connectivity index (χ4n) is 4.30. The zero-order valence-corrected chi connectivity index (χ0v) is 14.8. The molecule has 3 aromatic rings. The molecule has 1 aromatic heterocycles. The number of aromatic nitrogens is 2. The first-order valence-electron chi connectivity index (χ1n) is 8.89. The van der Waals surface area contributed by atoms with Gasteiger partial charge in [0.25, 0.3) is 11.9 Å². The van der Waals surface area contributed by atoms with E-state index in [1.807, 2.05) is 24.3 Å². The number of nitrogen functional groups attached to an aromatic ring is 1. The molecule has 1 aliphatic carbocycles. The SMILES string of the molecule is Cc1nnc(C2(C3CCc4ccccc43)OC(N)=Nc3ccc(N)cc32)o1. The van der Waals surface area contributed by atoms with Crippen LogP contribution in [0.4, 0.5) is 11.4 Å². The molecule has 0 saturated carbocycles. The quantitative estimate of drug-likeness (QED) is 0.679. The second-order valence-electron chi connectivity index (χ2n) is 6.98. The maximum atomic E-state index is 6.27. The van der Waals surface area contributed by atoms with Gasteiger partial charge in [-0.1, -0.05) is 24.3 Å². The molecule has 1 aliphatic heterocycles. The average molecular weight is 361 g/mol. The number of hydrogen-bond acceptors (Lipinski definition) is 7. The summed E-state index contributed by atoms with van der Waals surface area (Å²) in [5.41, 5.74) is 15.7. The number of aliphatic imine (C=N–C) groups is 1. The van der Waals surface area contributed by atoms with E-state index < -0.39 is 5.60 Å². The van der Waals surface area contributed by atoms with E-state index in [1.54, 1.807) is 13.0 Å². The van der Waals surface area contributed by atoms with Crippen LogP contribution in [0.1, 0.15) is 40.8 Å². The van der Waals surface area contributed by atoms with E-state index in [2.05, 4.69) is 27.3 Å². The summed E-state index contributed by atoms with van der Waals surface area (Å²) in [4.78, 5) is 4.37. The molecule has 2 aliphatic rings. The van der Waals surface area contributed by atoms with Gasteiger partial charge in [0.2, 0.25) is 11.5 Å². The summed E-state index contributed by atoms with van der Waals surface area (Å²) in [6.07, 6.45) is 1.80. The molecule has 4 N–H and O–H groups in total. The van der Waals surface area contributed by atoms with Gasteiger partial charge in [-0.15, -0.1) is 10.2 Å². The Hall–Kier alpha value is -3.35. The van der Waals surface area contributed by atoms with Gasteiger partial charge in [-0.25, -0.2) is 0 Å². The van der Waals surface area contributed by atoms with Gasteiger partial charge >= 0.3 is 0 Å². The number of nitrogens with two attached hydrogens (primary N) is 2. The first-order valence-corrected chi connectivity index (χ1v) is 8.89. The van der Waals surface area contributed by atoms with Crippen LogP contribution in [-0.4, -0.2) is 16.2 Å². The Morgan fingerprint density at radius 3 is 2.78 bits per heavy atom. The second kappa shape index (κ2) is 5.57. The zero-order chi connectivity index (χ0) is 18.6. The van der Waals surface area contributed by atoms with Crippen LogP contribution in [0.15, 0.2) is 51.9 Å². The van der Waals surface area contributed by atoms with Gasteiger partial charge in [-0.2, -0.15) is 4.99 Å². The zero-order valence-electron chi connectivity index (χ0n) is 14.8. The molecule has 0 amide bonds. The third-order valence-electron chi connectivity index (χ3n) is 5.38. The molecule has 5 rings (SSSR count). The van der Waals surface area contributed by atoms with E-state index in [0.717, 1.165) is 18.4 Å². The number of benzene rings is 2. The standard InChI is InChI=1S/C20H19N5O2/c1-11-24-25-18(26-11)20(15-8-6-12-4-2-3-5-14(12)15)16-10-13(21)7-9-17(16)23-19(22)27-20/h2-5,7,9-10,15H,6,8,21H2,1H3,(H2,22,23). The van der Waals surface area contributed by atoms with Crippen molar-refractivity contribution in [3.63, 3.8) is 0 Å². The third kappa shape index (κ3) is 2.24. The van der Waals surface area contributed by atoms with E-state index in [-0.39, 0.29) is 11.9 Å². The lowest BCUT2D eigenvalue weighted by molar-refractivity contribution is 0.0311.